The van der Waals surface area contributed by atoms with Gasteiger partial charge >= 0.3 is 0 Å². The topological polar surface area (TPSA) is 110 Å². The van der Waals surface area contributed by atoms with E-state index in [1.165, 1.54) is 36.4 Å². The first-order chi connectivity index (χ1) is 12.4. The van der Waals surface area contributed by atoms with Crippen molar-refractivity contribution in [2.24, 2.45) is 0 Å². The number of nitrogens with zero attached hydrogens (tertiary/aromatic N) is 1. The van der Waals surface area contributed by atoms with Gasteiger partial charge in [-0.1, -0.05) is 35.9 Å². The van der Waals surface area contributed by atoms with Crippen LogP contribution in [0.15, 0.2) is 59.3 Å². The molecule has 2 N–H and O–H groups in total. The number of fused-ring (bicyclic) bond motifs is 1. The van der Waals surface area contributed by atoms with Gasteiger partial charge in [0.15, 0.2) is 0 Å². The zero-order valence-electron chi connectivity index (χ0n) is 13.3. The van der Waals surface area contributed by atoms with Gasteiger partial charge in [0.05, 0.1) is 11.0 Å². The molecular weight excluding hydrogens is 360 g/mol. The highest BCUT2D eigenvalue weighted by atomic mass is 35.5. The van der Waals surface area contributed by atoms with Crippen molar-refractivity contribution in [3.05, 3.63) is 86.1 Å². The molecule has 2 aromatic carbocycles. The van der Waals surface area contributed by atoms with Gasteiger partial charge in [0.1, 0.15) is 10.7 Å². The molecule has 0 aliphatic heterocycles. The predicted molar refractivity (Wildman–Crippen MR) is 94.0 cm³/mol. The third kappa shape index (κ3) is 3.22. The number of carbonyl (C=O) groups excluding carboxylic acids is 2. The molecule has 0 saturated carbocycles. The van der Waals surface area contributed by atoms with E-state index in [0.717, 1.165) is 0 Å². The number of halogens is 1. The van der Waals surface area contributed by atoms with Crippen molar-refractivity contribution in [2.45, 2.75) is 6.10 Å². The number of benzene rings is 2. The van der Waals surface area contributed by atoms with Crippen LogP contribution < -0.4 is 5.32 Å². The zero-order valence-corrected chi connectivity index (χ0v) is 14.1. The lowest BCUT2D eigenvalue weighted by Gasteiger charge is -2.20. The van der Waals surface area contributed by atoms with Gasteiger partial charge in [-0.25, -0.2) is 0 Å². The van der Waals surface area contributed by atoms with Crippen LogP contribution in [0.4, 0.5) is 5.69 Å². The van der Waals surface area contributed by atoms with Crippen molar-refractivity contribution in [1.29, 1.82) is 0 Å². The minimum Gasteiger partial charge on any atom is -0.387 e. The van der Waals surface area contributed by atoms with E-state index in [4.69, 9.17) is 11.6 Å². The minimum absolute atomic E-state index is 0.0728. The molecule has 0 unspecified atom stereocenters. The van der Waals surface area contributed by atoms with Crippen LogP contribution in [0.5, 0.6) is 0 Å². The maximum atomic E-state index is 12.5. The fourth-order valence-corrected chi connectivity index (χ4v) is 2.89. The summed E-state index contributed by atoms with van der Waals surface area (Å²) in [5.74, 6) is -0.893. The molecule has 132 valence electrons. The molecule has 0 heterocycles. The highest BCUT2D eigenvalue weighted by molar-refractivity contribution is 6.49. The molecule has 0 aromatic heterocycles. The van der Waals surface area contributed by atoms with E-state index in [2.05, 4.69) is 5.32 Å². The third-order valence-corrected chi connectivity index (χ3v) is 4.38. The zero-order chi connectivity index (χ0) is 18.8. The number of hydrogen-bond donors (Lipinski definition) is 2. The summed E-state index contributed by atoms with van der Waals surface area (Å²) >= 11 is 6.03. The second-order valence-corrected chi connectivity index (χ2v) is 6.02. The van der Waals surface area contributed by atoms with Gasteiger partial charge in [0, 0.05) is 29.8 Å². The fraction of sp³-hybridized carbons (Fsp3) is 0.111. The first kappa shape index (κ1) is 17.8. The Hall–Kier alpha value is -3.03. The Morgan fingerprint density at radius 1 is 1.04 bits per heavy atom. The Labute approximate surface area is 153 Å². The van der Waals surface area contributed by atoms with Crippen LogP contribution in [0.25, 0.3) is 0 Å². The van der Waals surface area contributed by atoms with Crippen LogP contribution in [0.3, 0.4) is 0 Å². The number of allylic oxidation sites excluding steroid dienone is 2. The fourth-order valence-electron chi connectivity index (χ4n) is 2.64. The van der Waals surface area contributed by atoms with E-state index in [1.807, 2.05) is 0 Å². The van der Waals surface area contributed by atoms with Crippen LogP contribution in [-0.2, 0) is 0 Å². The summed E-state index contributed by atoms with van der Waals surface area (Å²) in [4.78, 5) is 34.9. The number of hydrogen-bond acceptors (Lipinski definition) is 6. The van der Waals surface area contributed by atoms with E-state index in [-0.39, 0.29) is 34.1 Å². The van der Waals surface area contributed by atoms with Crippen LogP contribution >= 0.6 is 11.6 Å². The monoisotopic (exact) mass is 372 g/mol. The second-order valence-electron chi connectivity index (χ2n) is 5.64. The van der Waals surface area contributed by atoms with Crippen LogP contribution in [0.1, 0.15) is 32.4 Å². The molecule has 0 radical (unpaired) electrons. The molecule has 0 fully saturated rings. The lowest BCUT2D eigenvalue weighted by atomic mass is 9.92. The van der Waals surface area contributed by atoms with Gasteiger partial charge < -0.3 is 10.4 Å². The quantitative estimate of drug-likeness (QED) is 0.617. The Morgan fingerprint density at radius 2 is 1.62 bits per heavy atom. The van der Waals surface area contributed by atoms with Crippen molar-refractivity contribution in [3.63, 3.8) is 0 Å². The number of non-ortho nitro benzene ring substituents is 1. The van der Waals surface area contributed by atoms with E-state index >= 15 is 0 Å². The number of ketones is 2. The first-order valence-electron chi connectivity index (χ1n) is 7.64. The van der Waals surface area contributed by atoms with Crippen molar-refractivity contribution in [2.75, 3.05) is 6.54 Å². The highest BCUT2D eigenvalue weighted by Crippen LogP contribution is 2.27. The molecule has 0 spiro atoms. The molecule has 8 heteroatoms. The Kier molecular flexibility index (Phi) is 4.83. The largest absolute Gasteiger partial charge is 0.387 e. The number of aliphatic hydroxyl groups excluding tert-OH is 1. The number of rotatable bonds is 5. The van der Waals surface area contributed by atoms with E-state index in [1.54, 1.807) is 12.1 Å². The maximum Gasteiger partial charge on any atom is 0.269 e. The summed E-state index contributed by atoms with van der Waals surface area (Å²) in [7, 11) is 0. The summed E-state index contributed by atoms with van der Waals surface area (Å²) in [6, 6.07) is 11.7. The number of aliphatic hydroxyl groups is 1. The van der Waals surface area contributed by atoms with E-state index < -0.39 is 22.6 Å². The van der Waals surface area contributed by atoms with Crippen molar-refractivity contribution in [3.8, 4) is 0 Å². The molecule has 0 saturated heterocycles. The van der Waals surface area contributed by atoms with Gasteiger partial charge in [0.2, 0.25) is 11.6 Å². The smallest absolute Gasteiger partial charge is 0.269 e. The van der Waals surface area contributed by atoms with E-state index in [0.29, 0.717) is 5.56 Å². The molecule has 2 aromatic rings. The van der Waals surface area contributed by atoms with Gasteiger partial charge in [-0.3, -0.25) is 19.7 Å². The van der Waals surface area contributed by atoms with Crippen LogP contribution in [0, 0.1) is 10.1 Å². The van der Waals surface area contributed by atoms with Gasteiger partial charge in [-0.2, -0.15) is 0 Å². The Morgan fingerprint density at radius 3 is 2.19 bits per heavy atom. The molecule has 3 rings (SSSR count). The standard InChI is InChI=1S/C18H13ClN2O5/c19-15-16(18(24)13-4-2-1-3-12(13)17(15)23)20-9-14(22)10-5-7-11(8-6-10)21(25)26/h1-8,14,20,22H,9H2/t14-/m0/s1. The summed E-state index contributed by atoms with van der Waals surface area (Å²) in [5, 5.41) is 23.4. The average molecular weight is 373 g/mol. The summed E-state index contributed by atoms with van der Waals surface area (Å²) in [6.07, 6.45) is -1.05. The summed E-state index contributed by atoms with van der Waals surface area (Å²) in [6.45, 7) is -0.0927. The minimum atomic E-state index is -1.05. The number of nitro groups is 1. The highest BCUT2D eigenvalue weighted by Gasteiger charge is 2.31. The van der Waals surface area contributed by atoms with Gasteiger partial charge in [-0.15, -0.1) is 0 Å². The third-order valence-electron chi connectivity index (χ3n) is 4.02. The maximum absolute atomic E-state index is 12.5. The lowest BCUT2D eigenvalue weighted by molar-refractivity contribution is -0.384. The van der Waals surface area contributed by atoms with Crippen molar-refractivity contribution in [1.82, 2.24) is 5.32 Å². The first-order valence-corrected chi connectivity index (χ1v) is 8.02. The average Bonchev–Trinajstić information content (AvgIpc) is 2.66. The second kappa shape index (κ2) is 7.07. The van der Waals surface area contributed by atoms with Gasteiger partial charge in [0.25, 0.3) is 5.69 Å². The normalized spacial score (nSPS) is 14.8. The summed E-state index contributed by atoms with van der Waals surface area (Å²) in [5.41, 5.74) is 0.744. The van der Waals surface area contributed by atoms with Crippen molar-refractivity contribution < 1.29 is 19.6 Å². The summed E-state index contributed by atoms with van der Waals surface area (Å²) < 4.78 is 0. The molecular formula is C18H13ClN2O5. The molecule has 7 nitrogen and oxygen atoms in total. The molecule has 1 atom stereocenters. The lowest BCUT2D eigenvalue weighted by Crippen LogP contribution is -2.31. The van der Waals surface area contributed by atoms with Gasteiger partial charge in [-0.05, 0) is 17.7 Å². The SMILES string of the molecule is O=C1C(Cl)=C(NC[C@H](O)c2ccc([N+](=O)[O-])cc2)C(=O)c2ccccc21. The Balaban J connectivity index is 1.76. The number of carbonyl (C=O) groups is 2. The van der Waals surface area contributed by atoms with Crippen molar-refractivity contribution >= 4 is 28.9 Å². The number of nitrogens with one attached hydrogen (secondary N) is 1. The van der Waals surface area contributed by atoms with E-state index in [9.17, 15) is 24.8 Å². The molecule has 1 aliphatic carbocycles. The Bertz CT molecular complexity index is 937. The van der Waals surface area contributed by atoms with Crippen LogP contribution in [0.2, 0.25) is 0 Å². The molecule has 1 aliphatic rings. The predicted octanol–water partition coefficient (Wildman–Crippen LogP) is 2.75. The number of Topliss-reactive ketones (excluding diaryl/α,β-unsaturated/α-hetero) is 2. The molecule has 0 amide bonds. The molecule has 0 bridgehead atoms. The van der Waals surface area contributed by atoms with Crippen LogP contribution in [-0.4, -0.2) is 28.1 Å². The number of nitro benzene ring substituents is 1. The molecule has 26 heavy (non-hydrogen) atoms.